The lowest BCUT2D eigenvalue weighted by atomic mass is 10.2. The highest BCUT2D eigenvalue weighted by molar-refractivity contribution is 6.00. The highest BCUT2D eigenvalue weighted by atomic mass is 16.5. The van der Waals surface area contributed by atoms with Crippen molar-refractivity contribution in [1.82, 2.24) is 11.0 Å². The molecule has 0 aliphatic rings. The number of hydrogen-bond acceptors (Lipinski definition) is 4. The predicted octanol–water partition coefficient (Wildman–Crippen LogP) is -0.666. The average molecular weight is 174 g/mol. The minimum absolute atomic E-state index is 0.0732. The van der Waals surface area contributed by atoms with E-state index in [4.69, 9.17) is 10.4 Å². The molecular weight excluding hydrogens is 164 g/mol. The van der Waals surface area contributed by atoms with Crippen molar-refractivity contribution in [2.24, 2.45) is 0 Å². The highest BCUT2D eigenvalue weighted by Crippen LogP contribution is 1.99. The predicted molar refractivity (Wildman–Crippen MR) is 38.2 cm³/mol. The minimum Gasteiger partial charge on any atom is -0.288 e. The molecule has 2 amide bonds. The fourth-order valence-corrected chi connectivity index (χ4v) is 0.590. The van der Waals surface area contributed by atoms with E-state index >= 15 is 0 Å². The van der Waals surface area contributed by atoms with Crippen LogP contribution in [-0.2, 0) is 9.59 Å². The van der Waals surface area contributed by atoms with Crippen LogP contribution in [0.3, 0.4) is 0 Å². The van der Waals surface area contributed by atoms with Crippen LogP contribution in [0.1, 0.15) is 13.3 Å². The standard InChI is InChI=1S/C6H10N2O4/c1-2-4(6(10)8-12)3-5(9)7-11/h3,11-12H,2H2,1H3,(H,7,9)(H,8,10)/b4-3-. The second-order valence-corrected chi connectivity index (χ2v) is 1.94. The molecule has 0 aromatic rings. The topological polar surface area (TPSA) is 98.7 Å². The van der Waals surface area contributed by atoms with Crippen LogP contribution < -0.4 is 11.0 Å². The molecule has 68 valence electrons. The van der Waals surface area contributed by atoms with E-state index < -0.39 is 11.8 Å². The van der Waals surface area contributed by atoms with E-state index in [1.807, 2.05) is 0 Å². The van der Waals surface area contributed by atoms with Gasteiger partial charge >= 0.3 is 0 Å². The summed E-state index contributed by atoms with van der Waals surface area (Å²) in [6.45, 7) is 1.63. The first-order chi connectivity index (χ1) is 5.65. The normalized spacial score (nSPS) is 10.8. The van der Waals surface area contributed by atoms with Gasteiger partial charge in [-0.05, 0) is 6.42 Å². The second kappa shape index (κ2) is 5.28. The van der Waals surface area contributed by atoms with Crippen LogP contribution >= 0.6 is 0 Å². The maximum absolute atomic E-state index is 10.7. The number of hydroxylamine groups is 2. The maximum atomic E-state index is 10.7. The lowest BCUT2D eigenvalue weighted by Crippen LogP contribution is -2.23. The number of nitrogens with one attached hydrogen (secondary N) is 2. The molecular formula is C6H10N2O4. The van der Waals surface area contributed by atoms with Gasteiger partial charge in [-0.15, -0.1) is 0 Å². The molecule has 0 aromatic heterocycles. The van der Waals surface area contributed by atoms with E-state index in [1.165, 1.54) is 11.0 Å². The molecule has 0 atom stereocenters. The number of hydrogen-bond donors (Lipinski definition) is 4. The fourth-order valence-electron chi connectivity index (χ4n) is 0.590. The van der Waals surface area contributed by atoms with Crippen molar-refractivity contribution in [3.8, 4) is 0 Å². The summed E-state index contributed by atoms with van der Waals surface area (Å²) < 4.78 is 0. The SMILES string of the molecule is CC/C(=C/C(=O)NO)C(=O)NO. The summed E-state index contributed by atoms with van der Waals surface area (Å²) in [4.78, 5) is 21.2. The Morgan fingerprint density at radius 2 is 1.92 bits per heavy atom. The van der Waals surface area contributed by atoms with Crippen LogP contribution in [0, 0.1) is 0 Å². The van der Waals surface area contributed by atoms with Gasteiger partial charge in [0.2, 0.25) is 0 Å². The summed E-state index contributed by atoms with van der Waals surface area (Å²) in [5.74, 6) is -1.57. The van der Waals surface area contributed by atoms with Crippen molar-refractivity contribution >= 4 is 11.8 Å². The van der Waals surface area contributed by atoms with Crippen LogP contribution in [0.5, 0.6) is 0 Å². The summed E-state index contributed by atoms with van der Waals surface area (Å²) >= 11 is 0. The van der Waals surface area contributed by atoms with Gasteiger partial charge in [0.05, 0.1) is 0 Å². The smallest absolute Gasteiger partial charge is 0.270 e. The van der Waals surface area contributed by atoms with Gasteiger partial charge in [0.15, 0.2) is 0 Å². The highest BCUT2D eigenvalue weighted by Gasteiger charge is 2.07. The Morgan fingerprint density at radius 3 is 2.25 bits per heavy atom. The Kier molecular flexibility index (Phi) is 4.66. The van der Waals surface area contributed by atoms with Crippen LogP contribution in [-0.4, -0.2) is 22.2 Å². The van der Waals surface area contributed by atoms with Crippen molar-refractivity contribution in [3.05, 3.63) is 11.6 Å². The zero-order chi connectivity index (χ0) is 9.56. The van der Waals surface area contributed by atoms with Crippen molar-refractivity contribution in [2.75, 3.05) is 0 Å². The Hall–Kier alpha value is -1.40. The monoisotopic (exact) mass is 174 g/mol. The first-order valence-corrected chi connectivity index (χ1v) is 3.24. The van der Waals surface area contributed by atoms with E-state index in [9.17, 15) is 9.59 Å². The molecule has 0 heterocycles. The Bertz CT molecular complexity index is 212. The third-order valence-corrected chi connectivity index (χ3v) is 1.19. The molecule has 0 spiro atoms. The second-order valence-electron chi connectivity index (χ2n) is 1.94. The summed E-state index contributed by atoms with van der Waals surface area (Å²) in [5, 5.41) is 16.3. The maximum Gasteiger partial charge on any atom is 0.270 e. The lowest BCUT2D eigenvalue weighted by Gasteiger charge is -2.00. The van der Waals surface area contributed by atoms with Gasteiger partial charge in [0, 0.05) is 11.6 Å². The molecule has 0 aliphatic carbocycles. The summed E-state index contributed by atoms with van der Waals surface area (Å²) in [5.41, 5.74) is 2.78. The van der Waals surface area contributed by atoms with E-state index in [0.29, 0.717) is 0 Å². The molecule has 0 fully saturated rings. The van der Waals surface area contributed by atoms with Gasteiger partial charge in [0.25, 0.3) is 11.8 Å². The summed E-state index contributed by atoms with van der Waals surface area (Å²) in [6, 6.07) is 0. The van der Waals surface area contributed by atoms with Crippen LogP contribution in [0.25, 0.3) is 0 Å². The van der Waals surface area contributed by atoms with Gasteiger partial charge in [-0.1, -0.05) is 6.92 Å². The molecule has 0 saturated heterocycles. The molecule has 0 saturated carbocycles. The molecule has 6 heteroatoms. The van der Waals surface area contributed by atoms with Gasteiger partial charge < -0.3 is 0 Å². The van der Waals surface area contributed by atoms with E-state index in [1.54, 1.807) is 6.92 Å². The molecule has 0 aromatic carbocycles. The van der Waals surface area contributed by atoms with Crippen molar-refractivity contribution in [2.45, 2.75) is 13.3 Å². The zero-order valence-corrected chi connectivity index (χ0v) is 6.50. The molecule has 4 N–H and O–H groups in total. The Morgan fingerprint density at radius 1 is 1.33 bits per heavy atom. The minimum atomic E-state index is -0.810. The largest absolute Gasteiger partial charge is 0.288 e. The zero-order valence-electron chi connectivity index (χ0n) is 6.50. The lowest BCUT2D eigenvalue weighted by molar-refractivity contribution is -0.127. The fraction of sp³-hybridized carbons (Fsp3) is 0.333. The Balaban J connectivity index is 4.43. The van der Waals surface area contributed by atoms with Gasteiger partial charge in [-0.25, -0.2) is 11.0 Å². The van der Waals surface area contributed by atoms with Crippen LogP contribution in [0.4, 0.5) is 0 Å². The first-order valence-electron chi connectivity index (χ1n) is 3.24. The molecule has 0 rings (SSSR count). The van der Waals surface area contributed by atoms with Crippen molar-refractivity contribution in [1.29, 1.82) is 0 Å². The van der Waals surface area contributed by atoms with Gasteiger partial charge in [-0.3, -0.25) is 20.0 Å². The first kappa shape index (κ1) is 10.6. The van der Waals surface area contributed by atoms with Crippen molar-refractivity contribution in [3.63, 3.8) is 0 Å². The summed E-state index contributed by atoms with van der Waals surface area (Å²) in [6.07, 6.45) is 1.17. The average Bonchev–Trinajstić information content (AvgIpc) is 2.12. The Labute approximate surface area is 68.8 Å². The molecule has 12 heavy (non-hydrogen) atoms. The molecule has 0 unspecified atom stereocenters. The quantitative estimate of drug-likeness (QED) is 0.259. The van der Waals surface area contributed by atoms with Gasteiger partial charge in [-0.2, -0.15) is 0 Å². The van der Waals surface area contributed by atoms with Gasteiger partial charge in [0.1, 0.15) is 0 Å². The number of carbonyl (C=O) groups excluding carboxylic acids is 2. The van der Waals surface area contributed by atoms with E-state index in [0.717, 1.165) is 6.08 Å². The van der Waals surface area contributed by atoms with E-state index in [2.05, 4.69) is 0 Å². The van der Waals surface area contributed by atoms with Crippen LogP contribution in [0.15, 0.2) is 11.6 Å². The van der Waals surface area contributed by atoms with Crippen molar-refractivity contribution < 1.29 is 20.0 Å². The number of amides is 2. The van der Waals surface area contributed by atoms with E-state index in [-0.39, 0.29) is 12.0 Å². The molecule has 0 radical (unpaired) electrons. The summed E-state index contributed by atoms with van der Waals surface area (Å²) in [7, 11) is 0. The number of carbonyl (C=O) groups is 2. The molecule has 0 bridgehead atoms. The molecule has 6 nitrogen and oxygen atoms in total. The number of rotatable bonds is 3. The molecule has 0 aliphatic heterocycles. The third-order valence-electron chi connectivity index (χ3n) is 1.19. The third kappa shape index (κ3) is 3.13. The van der Waals surface area contributed by atoms with Crippen LogP contribution in [0.2, 0.25) is 0 Å².